The van der Waals surface area contributed by atoms with Crippen LogP contribution in [0.15, 0.2) is 60.7 Å². The van der Waals surface area contributed by atoms with Crippen LogP contribution in [0.1, 0.15) is 65.7 Å². The smallest absolute Gasteiger partial charge is 0.253 e. The summed E-state index contributed by atoms with van der Waals surface area (Å²) in [6, 6.07) is 19.3. The molecule has 0 bridgehead atoms. The Bertz CT molecular complexity index is 765. The Hall–Kier alpha value is -2.62. The van der Waals surface area contributed by atoms with Gasteiger partial charge in [0.1, 0.15) is 0 Å². The Morgan fingerprint density at radius 1 is 0.613 bits per heavy atom. The average molecular weight is 419 g/mol. The number of carbonyl (C=O) groups excluding carboxylic acids is 2. The molecule has 0 radical (unpaired) electrons. The van der Waals surface area contributed by atoms with E-state index in [4.69, 9.17) is 0 Å². The van der Waals surface area contributed by atoms with Crippen LogP contribution in [0.2, 0.25) is 0 Å². The van der Waals surface area contributed by atoms with E-state index in [1.807, 2.05) is 70.5 Å². The van der Waals surface area contributed by atoms with E-state index < -0.39 is 0 Å². The highest BCUT2D eigenvalue weighted by atomic mass is 16.2. The van der Waals surface area contributed by atoms with Gasteiger partial charge < -0.3 is 9.80 Å². The summed E-state index contributed by atoms with van der Waals surface area (Å²) in [5, 5.41) is 0. The lowest BCUT2D eigenvalue weighted by molar-refractivity contribution is 0.0680. The maximum absolute atomic E-state index is 12.6. The number of hydrogen-bond donors (Lipinski definition) is 0. The number of rotatable bonds is 6. The van der Waals surface area contributed by atoms with Crippen molar-refractivity contribution in [3.63, 3.8) is 0 Å². The minimum atomic E-state index is 0.177. The number of likely N-dealkylation sites (tertiary alicyclic amines) is 2. The minimum Gasteiger partial charge on any atom is -0.339 e. The van der Waals surface area contributed by atoms with E-state index in [-0.39, 0.29) is 11.8 Å². The Morgan fingerprint density at radius 3 is 1.32 bits per heavy atom. The van der Waals surface area contributed by atoms with Gasteiger partial charge in [-0.25, -0.2) is 0 Å². The third kappa shape index (κ3) is 5.75. The first-order valence-corrected chi connectivity index (χ1v) is 11.9. The summed E-state index contributed by atoms with van der Waals surface area (Å²) < 4.78 is 0. The van der Waals surface area contributed by atoms with Crippen LogP contribution in [0.4, 0.5) is 0 Å². The summed E-state index contributed by atoms with van der Waals surface area (Å²) in [7, 11) is 0. The molecule has 0 atom stereocenters. The zero-order valence-electron chi connectivity index (χ0n) is 18.4. The van der Waals surface area contributed by atoms with Crippen molar-refractivity contribution in [3.8, 4) is 0 Å². The monoisotopic (exact) mass is 418 g/mol. The second-order valence-electron chi connectivity index (χ2n) is 9.13. The van der Waals surface area contributed by atoms with Gasteiger partial charge in [-0.15, -0.1) is 0 Å². The maximum Gasteiger partial charge on any atom is 0.253 e. The highest BCUT2D eigenvalue weighted by Gasteiger charge is 2.25. The molecular formula is C27H34N2O2. The lowest BCUT2D eigenvalue weighted by Crippen LogP contribution is -2.39. The molecule has 2 aromatic rings. The first-order valence-electron chi connectivity index (χ1n) is 11.9. The van der Waals surface area contributed by atoms with Crippen LogP contribution in [-0.4, -0.2) is 47.8 Å². The summed E-state index contributed by atoms with van der Waals surface area (Å²) in [5.41, 5.74) is 1.61. The Kier molecular flexibility index (Phi) is 7.39. The van der Waals surface area contributed by atoms with E-state index in [0.29, 0.717) is 0 Å². The number of amides is 2. The minimum absolute atomic E-state index is 0.177. The first kappa shape index (κ1) is 21.6. The molecule has 2 aliphatic heterocycles. The standard InChI is InChI=1S/C27H34N2O2/c30-26(24-10-3-1-4-11-24)28-18-14-22(15-19-28)8-7-9-23-16-20-29(21-17-23)27(31)25-12-5-2-6-13-25/h1-6,10-13,22-23H,7-9,14-21H2. The Balaban J connectivity index is 1.12. The number of hydrogen-bond acceptors (Lipinski definition) is 2. The van der Waals surface area contributed by atoms with Crippen molar-refractivity contribution < 1.29 is 9.59 Å². The fourth-order valence-electron chi connectivity index (χ4n) is 5.07. The van der Waals surface area contributed by atoms with Gasteiger partial charge in [-0.3, -0.25) is 9.59 Å². The fourth-order valence-corrected chi connectivity index (χ4v) is 5.07. The highest BCUT2D eigenvalue weighted by Crippen LogP contribution is 2.28. The molecule has 0 aromatic heterocycles. The molecule has 0 aliphatic carbocycles. The number of benzene rings is 2. The molecule has 164 valence electrons. The zero-order valence-corrected chi connectivity index (χ0v) is 18.4. The molecule has 0 spiro atoms. The molecule has 2 fully saturated rings. The van der Waals surface area contributed by atoms with E-state index >= 15 is 0 Å². The molecule has 2 aliphatic rings. The molecule has 31 heavy (non-hydrogen) atoms. The summed E-state index contributed by atoms with van der Waals surface area (Å²) in [6.45, 7) is 3.55. The van der Waals surface area contributed by atoms with Crippen molar-refractivity contribution >= 4 is 11.8 Å². The van der Waals surface area contributed by atoms with Gasteiger partial charge in [-0.2, -0.15) is 0 Å². The lowest BCUT2D eigenvalue weighted by Gasteiger charge is -2.34. The molecule has 4 heteroatoms. The zero-order chi connectivity index (χ0) is 21.5. The quantitative estimate of drug-likeness (QED) is 0.642. The third-order valence-corrected chi connectivity index (χ3v) is 7.07. The molecule has 2 aromatic carbocycles. The number of carbonyl (C=O) groups is 2. The van der Waals surface area contributed by atoms with Crippen LogP contribution in [0, 0.1) is 11.8 Å². The van der Waals surface area contributed by atoms with E-state index in [9.17, 15) is 9.59 Å². The fraction of sp³-hybridized carbons (Fsp3) is 0.481. The summed E-state index contributed by atoms with van der Waals surface area (Å²) in [5.74, 6) is 1.85. The molecule has 2 heterocycles. The van der Waals surface area contributed by atoms with Crippen molar-refractivity contribution in [3.05, 3.63) is 71.8 Å². The molecule has 0 unspecified atom stereocenters. The highest BCUT2D eigenvalue weighted by molar-refractivity contribution is 5.94. The number of piperidine rings is 2. The van der Waals surface area contributed by atoms with Crippen LogP contribution < -0.4 is 0 Å². The number of nitrogens with zero attached hydrogens (tertiary/aromatic N) is 2. The van der Waals surface area contributed by atoms with Gasteiger partial charge in [0, 0.05) is 37.3 Å². The molecule has 4 nitrogen and oxygen atoms in total. The van der Waals surface area contributed by atoms with E-state index in [2.05, 4.69) is 0 Å². The van der Waals surface area contributed by atoms with Crippen molar-refractivity contribution in [2.45, 2.75) is 44.9 Å². The van der Waals surface area contributed by atoms with Gasteiger partial charge in [-0.05, 0) is 61.8 Å². The maximum atomic E-state index is 12.6. The van der Waals surface area contributed by atoms with E-state index in [1.165, 1.54) is 19.3 Å². The largest absolute Gasteiger partial charge is 0.339 e. The van der Waals surface area contributed by atoms with Gasteiger partial charge in [-0.1, -0.05) is 55.7 Å². The van der Waals surface area contributed by atoms with Crippen molar-refractivity contribution in [1.82, 2.24) is 9.80 Å². The second-order valence-corrected chi connectivity index (χ2v) is 9.13. The topological polar surface area (TPSA) is 40.6 Å². The van der Waals surface area contributed by atoms with Crippen LogP contribution in [0.25, 0.3) is 0 Å². The molecule has 0 saturated carbocycles. The van der Waals surface area contributed by atoms with Gasteiger partial charge in [0.25, 0.3) is 11.8 Å². The van der Waals surface area contributed by atoms with Crippen LogP contribution in [0.5, 0.6) is 0 Å². The third-order valence-electron chi connectivity index (χ3n) is 7.07. The van der Waals surface area contributed by atoms with Crippen LogP contribution >= 0.6 is 0 Å². The van der Waals surface area contributed by atoms with Gasteiger partial charge in [0.2, 0.25) is 0 Å². The predicted molar refractivity (Wildman–Crippen MR) is 124 cm³/mol. The van der Waals surface area contributed by atoms with E-state index in [0.717, 1.165) is 74.8 Å². The van der Waals surface area contributed by atoms with Crippen LogP contribution in [-0.2, 0) is 0 Å². The molecule has 4 rings (SSSR count). The van der Waals surface area contributed by atoms with Gasteiger partial charge in [0.15, 0.2) is 0 Å². The summed E-state index contributed by atoms with van der Waals surface area (Å²) in [6.07, 6.45) is 8.33. The molecule has 0 N–H and O–H groups in total. The normalized spacial score (nSPS) is 18.2. The molecular weight excluding hydrogens is 384 g/mol. The first-order chi connectivity index (χ1) is 15.2. The Morgan fingerprint density at radius 2 is 0.968 bits per heavy atom. The Labute approximate surface area is 186 Å². The molecule has 2 amide bonds. The van der Waals surface area contributed by atoms with E-state index in [1.54, 1.807) is 0 Å². The van der Waals surface area contributed by atoms with Crippen molar-refractivity contribution in [1.29, 1.82) is 0 Å². The van der Waals surface area contributed by atoms with Crippen molar-refractivity contribution in [2.75, 3.05) is 26.2 Å². The van der Waals surface area contributed by atoms with Crippen LogP contribution in [0.3, 0.4) is 0 Å². The SMILES string of the molecule is O=C(c1ccccc1)N1CCC(CCCC2CCN(C(=O)c3ccccc3)CC2)CC1. The average Bonchev–Trinajstić information content (AvgIpc) is 2.85. The molecule has 2 saturated heterocycles. The van der Waals surface area contributed by atoms with Gasteiger partial charge >= 0.3 is 0 Å². The van der Waals surface area contributed by atoms with Crippen molar-refractivity contribution in [2.24, 2.45) is 11.8 Å². The summed E-state index contributed by atoms with van der Waals surface area (Å²) >= 11 is 0. The summed E-state index contributed by atoms with van der Waals surface area (Å²) in [4.78, 5) is 29.2. The predicted octanol–water partition coefficient (Wildman–Crippen LogP) is 5.26. The lowest BCUT2D eigenvalue weighted by atomic mass is 9.86. The second kappa shape index (κ2) is 10.6. The van der Waals surface area contributed by atoms with Gasteiger partial charge in [0.05, 0.1) is 0 Å².